The largest absolute Gasteiger partial charge is 0.467 e. The van der Waals surface area contributed by atoms with Gasteiger partial charge in [-0.1, -0.05) is 30.3 Å². The van der Waals surface area contributed by atoms with Gasteiger partial charge in [-0.05, 0) is 45.6 Å². The molecule has 0 aromatic heterocycles. The molecule has 3 atom stereocenters. The Bertz CT molecular complexity index is 747. The number of alkyl carbamates (subject to hydrolysis) is 1. The van der Waals surface area contributed by atoms with Crippen LogP contribution in [0, 0.1) is 0 Å². The van der Waals surface area contributed by atoms with E-state index in [0.29, 0.717) is 12.4 Å². The fourth-order valence-corrected chi connectivity index (χ4v) is 4.29. The van der Waals surface area contributed by atoms with Crippen molar-refractivity contribution in [2.24, 2.45) is 0 Å². The number of hydrogen-bond donors (Lipinski definition) is 2. The zero-order valence-electron chi connectivity index (χ0n) is 19.2. The summed E-state index contributed by atoms with van der Waals surface area (Å²) in [4.78, 5) is 37.8. The lowest BCUT2D eigenvalue weighted by atomic mass is 10.1. The van der Waals surface area contributed by atoms with Crippen molar-refractivity contribution >= 4 is 29.7 Å². The lowest BCUT2D eigenvalue weighted by Crippen LogP contribution is -2.54. The molecule has 1 saturated heterocycles. The number of esters is 1. The first-order valence-corrected chi connectivity index (χ1v) is 11.9. The third-order valence-corrected chi connectivity index (χ3v) is 5.95. The van der Waals surface area contributed by atoms with Crippen LogP contribution in [0.3, 0.4) is 0 Å². The second-order valence-electron chi connectivity index (χ2n) is 8.60. The molecule has 0 saturated carbocycles. The van der Waals surface area contributed by atoms with Crippen molar-refractivity contribution in [1.29, 1.82) is 0 Å². The lowest BCUT2D eigenvalue weighted by Gasteiger charge is -2.26. The minimum atomic E-state index is -0.921. The van der Waals surface area contributed by atoms with Crippen molar-refractivity contribution < 1.29 is 28.6 Å². The van der Waals surface area contributed by atoms with E-state index in [1.165, 1.54) is 18.9 Å². The van der Waals surface area contributed by atoms with Gasteiger partial charge in [-0.3, -0.25) is 4.79 Å². The Hall–Kier alpha value is -2.26. The number of carbonyl (C=O) groups excluding carboxylic acids is 3. The molecule has 0 unspecified atom stereocenters. The van der Waals surface area contributed by atoms with Gasteiger partial charge in [0, 0.05) is 18.8 Å². The standard InChI is InChI=1S/C23H34N2O6S/c1-23(2,3)31-22(28)25-17(14-16-10-6-5-7-11-16)20(26)24-18(21(27)29-4)15-32-19-12-8-9-13-30-19/h5-7,10-11,17-19H,8-9,12-15H2,1-4H3,(H,24,26)(H,25,28)/t17-,18+,19+/m1/s1. The van der Waals surface area contributed by atoms with E-state index in [9.17, 15) is 14.4 Å². The maximum atomic E-state index is 13.1. The smallest absolute Gasteiger partial charge is 0.408 e. The number of rotatable bonds is 9. The van der Waals surface area contributed by atoms with Crippen LogP contribution in [0.15, 0.2) is 30.3 Å². The summed E-state index contributed by atoms with van der Waals surface area (Å²) in [6.45, 7) is 5.94. The van der Waals surface area contributed by atoms with Gasteiger partial charge in [0.05, 0.1) is 7.11 Å². The number of nitrogens with one attached hydrogen (secondary N) is 2. The van der Waals surface area contributed by atoms with Crippen molar-refractivity contribution in [2.75, 3.05) is 19.5 Å². The van der Waals surface area contributed by atoms with Crippen LogP contribution in [-0.2, 0) is 30.2 Å². The van der Waals surface area contributed by atoms with Gasteiger partial charge in [0.2, 0.25) is 5.91 Å². The van der Waals surface area contributed by atoms with Crippen molar-refractivity contribution in [3.8, 4) is 0 Å². The molecular formula is C23H34N2O6S. The summed E-state index contributed by atoms with van der Waals surface area (Å²) in [6, 6.07) is 7.54. The molecule has 2 N–H and O–H groups in total. The van der Waals surface area contributed by atoms with E-state index in [1.54, 1.807) is 20.8 Å². The van der Waals surface area contributed by atoms with Gasteiger partial charge in [0.1, 0.15) is 23.1 Å². The van der Waals surface area contributed by atoms with Crippen molar-refractivity contribution in [3.63, 3.8) is 0 Å². The Labute approximate surface area is 194 Å². The molecule has 1 aliphatic rings. The van der Waals surface area contributed by atoms with Gasteiger partial charge < -0.3 is 24.8 Å². The van der Waals surface area contributed by atoms with Gasteiger partial charge in [0.15, 0.2) is 0 Å². The second kappa shape index (κ2) is 12.7. The van der Waals surface area contributed by atoms with Crippen molar-refractivity contribution in [2.45, 2.75) is 69.6 Å². The Morgan fingerprint density at radius 2 is 1.84 bits per heavy atom. The molecule has 0 spiro atoms. The van der Waals surface area contributed by atoms with Crippen LogP contribution in [0.5, 0.6) is 0 Å². The molecule has 1 aromatic rings. The predicted octanol–water partition coefficient (Wildman–Crippen LogP) is 3.04. The number of hydrogen-bond acceptors (Lipinski definition) is 7. The minimum Gasteiger partial charge on any atom is -0.467 e. The monoisotopic (exact) mass is 466 g/mol. The summed E-state index contributed by atoms with van der Waals surface area (Å²) in [5, 5.41) is 5.37. The van der Waals surface area contributed by atoms with Crippen molar-refractivity contribution in [3.05, 3.63) is 35.9 Å². The topological polar surface area (TPSA) is 103 Å². The van der Waals surface area contributed by atoms with Crippen LogP contribution in [-0.4, -0.2) is 60.6 Å². The van der Waals surface area contributed by atoms with E-state index in [2.05, 4.69) is 10.6 Å². The Balaban J connectivity index is 2.07. The molecular weight excluding hydrogens is 432 g/mol. The molecule has 1 aromatic carbocycles. The maximum absolute atomic E-state index is 13.1. The first-order valence-electron chi connectivity index (χ1n) is 10.8. The first-order chi connectivity index (χ1) is 15.2. The molecule has 9 heteroatoms. The minimum absolute atomic E-state index is 0.00666. The van der Waals surface area contributed by atoms with Crippen LogP contribution in [0.2, 0.25) is 0 Å². The van der Waals surface area contributed by atoms with Gasteiger partial charge in [-0.2, -0.15) is 0 Å². The zero-order valence-corrected chi connectivity index (χ0v) is 20.0. The van der Waals surface area contributed by atoms with Crippen LogP contribution in [0.4, 0.5) is 4.79 Å². The molecule has 32 heavy (non-hydrogen) atoms. The SMILES string of the molecule is COC(=O)[C@H](CS[C@H]1CCCCO1)NC(=O)[C@@H](Cc1ccccc1)NC(=O)OC(C)(C)C. The highest BCUT2D eigenvalue weighted by molar-refractivity contribution is 7.99. The van der Waals surface area contributed by atoms with Gasteiger partial charge in [-0.15, -0.1) is 11.8 Å². The molecule has 2 amide bonds. The first kappa shape index (κ1) is 26.0. The lowest BCUT2D eigenvalue weighted by molar-refractivity contribution is -0.144. The van der Waals surface area contributed by atoms with Gasteiger partial charge >= 0.3 is 12.1 Å². The molecule has 0 aliphatic carbocycles. The summed E-state index contributed by atoms with van der Waals surface area (Å²) < 4.78 is 15.9. The molecule has 8 nitrogen and oxygen atoms in total. The third-order valence-electron chi connectivity index (χ3n) is 4.68. The van der Waals surface area contributed by atoms with Gasteiger partial charge in [-0.25, -0.2) is 9.59 Å². The molecule has 1 aliphatic heterocycles. The highest BCUT2D eigenvalue weighted by atomic mass is 32.2. The van der Waals surface area contributed by atoms with Crippen LogP contribution in [0.25, 0.3) is 0 Å². The van der Waals surface area contributed by atoms with E-state index < -0.39 is 35.7 Å². The van der Waals surface area contributed by atoms with E-state index in [1.807, 2.05) is 30.3 Å². The molecule has 0 bridgehead atoms. The average Bonchev–Trinajstić information content (AvgIpc) is 2.75. The summed E-state index contributed by atoms with van der Waals surface area (Å²) in [5.74, 6) is -0.717. The fourth-order valence-electron chi connectivity index (χ4n) is 3.14. The predicted molar refractivity (Wildman–Crippen MR) is 123 cm³/mol. The van der Waals surface area contributed by atoms with E-state index in [-0.39, 0.29) is 11.9 Å². The number of carbonyl (C=O) groups is 3. The number of amides is 2. The quantitative estimate of drug-likeness (QED) is 0.539. The summed E-state index contributed by atoms with van der Waals surface area (Å²) >= 11 is 1.48. The molecule has 1 heterocycles. The number of thioether (sulfide) groups is 1. The van der Waals surface area contributed by atoms with Crippen LogP contribution >= 0.6 is 11.8 Å². The molecule has 0 radical (unpaired) electrons. The highest BCUT2D eigenvalue weighted by Crippen LogP contribution is 2.24. The van der Waals surface area contributed by atoms with Crippen molar-refractivity contribution in [1.82, 2.24) is 10.6 Å². The number of benzene rings is 1. The van der Waals surface area contributed by atoms with Crippen LogP contribution < -0.4 is 10.6 Å². The molecule has 178 valence electrons. The van der Waals surface area contributed by atoms with E-state index >= 15 is 0 Å². The maximum Gasteiger partial charge on any atom is 0.408 e. The summed E-state index contributed by atoms with van der Waals surface area (Å²) in [6.07, 6.45) is 2.56. The molecule has 2 rings (SSSR count). The Morgan fingerprint density at radius 3 is 2.44 bits per heavy atom. The Morgan fingerprint density at radius 1 is 1.12 bits per heavy atom. The van der Waals surface area contributed by atoms with Gasteiger partial charge in [0.25, 0.3) is 0 Å². The molecule has 1 fully saturated rings. The van der Waals surface area contributed by atoms with Crippen LogP contribution in [0.1, 0.15) is 45.6 Å². The average molecular weight is 467 g/mol. The Kier molecular flexibility index (Phi) is 10.3. The van der Waals surface area contributed by atoms with E-state index in [0.717, 1.165) is 24.8 Å². The fraction of sp³-hybridized carbons (Fsp3) is 0.609. The third kappa shape index (κ3) is 9.48. The summed E-state index contributed by atoms with van der Waals surface area (Å²) in [7, 11) is 1.28. The zero-order chi connectivity index (χ0) is 23.6. The normalized spacial score (nSPS) is 18.2. The number of ether oxygens (including phenoxy) is 3. The summed E-state index contributed by atoms with van der Waals surface area (Å²) in [5.41, 5.74) is 0.152. The number of methoxy groups -OCH3 is 1. The highest BCUT2D eigenvalue weighted by Gasteiger charge is 2.30. The second-order valence-corrected chi connectivity index (χ2v) is 9.79. The van der Waals surface area contributed by atoms with E-state index in [4.69, 9.17) is 14.2 Å².